The van der Waals surface area contributed by atoms with Crippen molar-refractivity contribution in [3.63, 3.8) is 0 Å². The van der Waals surface area contributed by atoms with Crippen LogP contribution < -0.4 is 10.1 Å². The number of nitrogens with one attached hydrogen (secondary N) is 1. The summed E-state index contributed by atoms with van der Waals surface area (Å²) >= 11 is 3.49. The van der Waals surface area contributed by atoms with Crippen molar-refractivity contribution in [3.05, 3.63) is 58.1 Å². The summed E-state index contributed by atoms with van der Waals surface area (Å²) in [7, 11) is 1.93. The number of para-hydroxylation sites is 1. The van der Waals surface area contributed by atoms with E-state index in [1.165, 1.54) is 0 Å². The lowest BCUT2D eigenvalue weighted by molar-refractivity contribution is 0.297. The third-order valence-corrected chi connectivity index (χ3v) is 3.94. The van der Waals surface area contributed by atoms with Gasteiger partial charge in [0.15, 0.2) is 0 Å². The highest BCUT2D eigenvalue weighted by Gasteiger charge is 2.13. The van der Waals surface area contributed by atoms with Crippen LogP contribution in [0.15, 0.2) is 46.9 Å². The number of aliphatic hydroxyl groups is 1. The maximum atomic E-state index is 9.16. The van der Waals surface area contributed by atoms with E-state index in [1.807, 2.05) is 43.4 Å². The van der Waals surface area contributed by atoms with Gasteiger partial charge in [0.05, 0.1) is 0 Å². The first-order valence-corrected chi connectivity index (χ1v) is 7.78. The second-order valence-corrected chi connectivity index (χ2v) is 5.79. The van der Waals surface area contributed by atoms with E-state index in [1.54, 1.807) is 0 Å². The van der Waals surface area contributed by atoms with Crippen LogP contribution in [0.4, 0.5) is 0 Å². The number of hydrogen-bond donors (Lipinski definition) is 2. The molecule has 4 heteroatoms. The number of halogens is 1. The van der Waals surface area contributed by atoms with Crippen molar-refractivity contribution in [2.75, 3.05) is 13.7 Å². The van der Waals surface area contributed by atoms with Crippen LogP contribution in [-0.2, 0) is 6.42 Å². The first-order valence-electron chi connectivity index (χ1n) is 6.99. The Balaban J connectivity index is 2.37. The minimum atomic E-state index is 0.110. The van der Waals surface area contributed by atoms with Gasteiger partial charge >= 0.3 is 0 Å². The fourth-order valence-corrected chi connectivity index (χ4v) is 2.50. The summed E-state index contributed by atoms with van der Waals surface area (Å²) in [5.41, 5.74) is 2.10. The Labute approximate surface area is 134 Å². The molecule has 1 atom stereocenters. The molecule has 0 spiro atoms. The number of ether oxygens (including phenoxy) is 1. The second kappa shape index (κ2) is 7.59. The van der Waals surface area contributed by atoms with Gasteiger partial charge in [-0.2, -0.15) is 0 Å². The van der Waals surface area contributed by atoms with Gasteiger partial charge in [-0.3, -0.25) is 0 Å². The molecule has 21 heavy (non-hydrogen) atoms. The number of hydrogen-bond acceptors (Lipinski definition) is 3. The first kappa shape index (κ1) is 16.0. The van der Waals surface area contributed by atoms with Gasteiger partial charge in [-0.1, -0.05) is 40.2 Å². The van der Waals surface area contributed by atoms with E-state index in [0.29, 0.717) is 6.42 Å². The average Bonchev–Trinajstić information content (AvgIpc) is 2.49. The van der Waals surface area contributed by atoms with Gasteiger partial charge in [0, 0.05) is 22.7 Å². The fourth-order valence-electron chi connectivity index (χ4n) is 2.16. The third-order valence-electron chi connectivity index (χ3n) is 3.45. The molecule has 0 aromatic heterocycles. The van der Waals surface area contributed by atoms with Crippen molar-refractivity contribution >= 4 is 15.9 Å². The normalized spacial score (nSPS) is 12.2. The summed E-state index contributed by atoms with van der Waals surface area (Å²) in [5.74, 6) is 1.60. The van der Waals surface area contributed by atoms with Gasteiger partial charge in [0.1, 0.15) is 11.5 Å². The molecular formula is C17H20BrNO2. The molecule has 2 rings (SSSR count). The Bertz CT molecular complexity index is 601. The van der Waals surface area contributed by atoms with Crippen LogP contribution in [0, 0.1) is 0 Å². The summed E-state index contributed by atoms with van der Waals surface area (Å²) in [6.45, 7) is 2.20. The number of rotatable bonds is 6. The molecular weight excluding hydrogens is 330 g/mol. The number of benzene rings is 2. The fraction of sp³-hybridized carbons (Fsp3) is 0.294. The molecule has 0 aliphatic heterocycles. The van der Waals surface area contributed by atoms with Crippen LogP contribution in [0.3, 0.4) is 0 Å². The van der Waals surface area contributed by atoms with Gasteiger partial charge < -0.3 is 15.2 Å². The summed E-state index contributed by atoms with van der Waals surface area (Å²) in [4.78, 5) is 0. The molecule has 0 heterocycles. The zero-order valence-electron chi connectivity index (χ0n) is 12.3. The molecule has 112 valence electrons. The Morgan fingerprint density at radius 3 is 2.67 bits per heavy atom. The van der Waals surface area contributed by atoms with E-state index >= 15 is 0 Å². The van der Waals surface area contributed by atoms with Gasteiger partial charge in [0.2, 0.25) is 0 Å². The van der Waals surface area contributed by atoms with E-state index < -0.39 is 0 Å². The molecule has 2 N–H and O–H groups in total. The smallest absolute Gasteiger partial charge is 0.133 e. The second-order valence-electron chi connectivity index (χ2n) is 4.88. The monoisotopic (exact) mass is 349 g/mol. The quantitative estimate of drug-likeness (QED) is 0.826. The standard InChI is InChI=1S/C17H20BrNO2/c1-12(19-2)15-8-7-14(18)11-17(15)21-16-6-4-3-5-13(16)9-10-20/h3-8,11-12,19-20H,9-10H2,1-2H3. The first-order chi connectivity index (χ1) is 10.2. The van der Waals surface area contributed by atoms with Crippen molar-refractivity contribution in [2.24, 2.45) is 0 Å². The Kier molecular flexibility index (Phi) is 5.79. The molecule has 0 aliphatic carbocycles. The van der Waals surface area contributed by atoms with E-state index in [-0.39, 0.29) is 12.6 Å². The van der Waals surface area contributed by atoms with E-state index in [0.717, 1.165) is 27.1 Å². The summed E-state index contributed by atoms with van der Waals surface area (Å²) in [6, 6.07) is 14.0. The minimum absolute atomic E-state index is 0.110. The molecule has 2 aromatic carbocycles. The van der Waals surface area contributed by atoms with Crippen LogP contribution in [-0.4, -0.2) is 18.8 Å². The molecule has 3 nitrogen and oxygen atoms in total. The lowest BCUT2D eigenvalue weighted by Gasteiger charge is -2.18. The molecule has 1 unspecified atom stereocenters. The topological polar surface area (TPSA) is 41.5 Å². The van der Waals surface area contributed by atoms with Crippen molar-refractivity contribution in [1.29, 1.82) is 0 Å². The number of aliphatic hydroxyl groups excluding tert-OH is 1. The molecule has 2 aromatic rings. The predicted molar refractivity (Wildman–Crippen MR) is 88.9 cm³/mol. The zero-order chi connectivity index (χ0) is 15.2. The lowest BCUT2D eigenvalue weighted by Crippen LogP contribution is -2.13. The van der Waals surface area contributed by atoms with Gasteiger partial charge in [-0.25, -0.2) is 0 Å². The lowest BCUT2D eigenvalue weighted by atomic mass is 10.1. The molecule has 0 saturated carbocycles. The maximum Gasteiger partial charge on any atom is 0.133 e. The van der Waals surface area contributed by atoms with Crippen LogP contribution in [0.2, 0.25) is 0 Å². The van der Waals surface area contributed by atoms with Crippen molar-refractivity contribution in [1.82, 2.24) is 5.32 Å². The van der Waals surface area contributed by atoms with Crippen molar-refractivity contribution in [3.8, 4) is 11.5 Å². The zero-order valence-corrected chi connectivity index (χ0v) is 13.9. The Morgan fingerprint density at radius 1 is 1.19 bits per heavy atom. The van der Waals surface area contributed by atoms with Crippen molar-refractivity contribution in [2.45, 2.75) is 19.4 Å². The predicted octanol–water partition coefficient (Wildman–Crippen LogP) is 4.06. The van der Waals surface area contributed by atoms with E-state index in [4.69, 9.17) is 9.84 Å². The largest absolute Gasteiger partial charge is 0.457 e. The van der Waals surface area contributed by atoms with Gasteiger partial charge in [0.25, 0.3) is 0 Å². The third kappa shape index (κ3) is 4.06. The van der Waals surface area contributed by atoms with Crippen LogP contribution in [0.1, 0.15) is 24.1 Å². The molecule has 0 aliphatic rings. The van der Waals surface area contributed by atoms with Crippen molar-refractivity contribution < 1.29 is 9.84 Å². The minimum Gasteiger partial charge on any atom is -0.457 e. The summed E-state index contributed by atoms with van der Waals surface area (Å²) in [6.07, 6.45) is 0.584. The highest BCUT2D eigenvalue weighted by Crippen LogP contribution is 2.33. The van der Waals surface area contributed by atoms with E-state index in [2.05, 4.69) is 34.2 Å². The molecule has 0 amide bonds. The highest BCUT2D eigenvalue weighted by atomic mass is 79.9. The average molecular weight is 350 g/mol. The van der Waals surface area contributed by atoms with Crippen LogP contribution >= 0.6 is 15.9 Å². The Morgan fingerprint density at radius 2 is 1.95 bits per heavy atom. The summed E-state index contributed by atoms with van der Waals surface area (Å²) in [5, 5.41) is 12.4. The Hall–Kier alpha value is -1.36. The molecule has 0 saturated heterocycles. The van der Waals surface area contributed by atoms with Gasteiger partial charge in [-0.05, 0) is 44.2 Å². The molecule has 0 bridgehead atoms. The van der Waals surface area contributed by atoms with Gasteiger partial charge in [-0.15, -0.1) is 0 Å². The SMILES string of the molecule is CNC(C)c1ccc(Br)cc1Oc1ccccc1CCO. The molecule has 0 fully saturated rings. The highest BCUT2D eigenvalue weighted by molar-refractivity contribution is 9.10. The van der Waals surface area contributed by atoms with E-state index in [9.17, 15) is 0 Å². The van der Waals surface area contributed by atoms with Crippen LogP contribution in [0.25, 0.3) is 0 Å². The summed E-state index contributed by atoms with van der Waals surface area (Å²) < 4.78 is 7.09. The molecule has 0 radical (unpaired) electrons. The maximum absolute atomic E-state index is 9.16. The van der Waals surface area contributed by atoms with Crippen LogP contribution in [0.5, 0.6) is 11.5 Å².